The van der Waals surface area contributed by atoms with Crippen molar-refractivity contribution in [3.63, 3.8) is 0 Å². The summed E-state index contributed by atoms with van der Waals surface area (Å²) in [5, 5.41) is 4.96. The zero-order chi connectivity index (χ0) is 14.9. The van der Waals surface area contributed by atoms with Crippen LogP contribution in [0, 0.1) is 11.3 Å². The van der Waals surface area contributed by atoms with Gasteiger partial charge in [0.2, 0.25) is 0 Å². The molecule has 0 aliphatic heterocycles. The molecule has 21 heavy (non-hydrogen) atoms. The highest BCUT2D eigenvalue weighted by Crippen LogP contribution is 2.48. The number of hydrogen-bond acceptors (Lipinski definition) is 2. The number of pyridine rings is 1. The van der Waals surface area contributed by atoms with Crippen LogP contribution in [0.2, 0.25) is 0 Å². The quantitative estimate of drug-likeness (QED) is 0.878. The molecule has 1 aromatic heterocycles. The second-order valence-corrected chi connectivity index (χ2v) is 6.98. The summed E-state index contributed by atoms with van der Waals surface area (Å²) >= 11 is 0. The molecule has 1 heterocycles. The van der Waals surface area contributed by atoms with Gasteiger partial charge in [0.05, 0.1) is 5.52 Å². The third-order valence-corrected chi connectivity index (χ3v) is 5.16. The molecule has 1 saturated carbocycles. The van der Waals surface area contributed by atoms with Crippen LogP contribution in [-0.2, 0) is 0 Å². The second kappa shape index (κ2) is 5.76. The van der Waals surface area contributed by atoms with E-state index in [0.717, 1.165) is 12.1 Å². The molecule has 0 spiro atoms. The van der Waals surface area contributed by atoms with Gasteiger partial charge < -0.3 is 5.32 Å². The van der Waals surface area contributed by atoms with Crippen molar-refractivity contribution in [2.45, 2.75) is 46.1 Å². The normalized spacial score (nSPS) is 22.5. The maximum Gasteiger partial charge on any atom is 0.0705 e. The first-order chi connectivity index (χ1) is 10.1. The Morgan fingerprint density at radius 3 is 2.90 bits per heavy atom. The molecule has 0 amide bonds. The highest BCUT2D eigenvalue weighted by Gasteiger charge is 2.39. The molecule has 3 rings (SSSR count). The van der Waals surface area contributed by atoms with Gasteiger partial charge in [0.1, 0.15) is 0 Å². The van der Waals surface area contributed by atoms with E-state index >= 15 is 0 Å². The standard InChI is InChI=1S/C19H26N2/c1-4-20-18(16-8-5-11-19(16,2)3)15-10-9-14-7-6-12-21-17(14)13-15/h6-7,9-10,12-13,16,18,20H,4-5,8,11H2,1-3H3. The van der Waals surface area contributed by atoms with Gasteiger partial charge in [-0.15, -0.1) is 0 Å². The highest BCUT2D eigenvalue weighted by atomic mass is 14.9. The molecular formula is C19H26N2. The summed E-state index contributed by atoms with van der Waals surface area (Å²) in [6, 6.07) is 11.4. The number of benzene rings is 1. The maximum atomic E-state index is 4.52. The second-order valence-electron chi connectivity index (χ2n) is 6.98. The minimum Gasteiger partial charge on any atom is -0.310 e. The fourth-order valence-corrected chi connectivity index (χ4v) is 3.96. The molecule has 112 valence electrons. The molecular weight excluding hydrogens is 256 g/mol. The molecule has 1 aliphatic carbocycles. The Bertz CT molecular complexity index is 618. The Kier molecular flexibility index (Phi) is 3.99. The molecule has 2 unspecified atom stereocenters. The van der Waals surface area contributed by atoms with Crippen molar-refractivity contribution in [1.82, 2.24) is 10.3 Å². The van der Waals surface area contributed by atoms with E-state index in [1.54, 1.807) is 0 Å². The number of nitrogens with one attached hydrogen (secondary N) is 1. The van der Waals surface area contributed by atoms with Gasteiger partial charge in [0.15, 0.2) is 0 Å². The fourth-order valence-electron chi connectivity index (χ4n) is 3.96. The van der Waals surface area contributed by atoms with Crippen LogP contribution in [0.1, 0.15) is 51.6 Å². The number of fused-ring (bicyclic) bond motifs is 1. The van der Waals surface area contributed by atoms with Crippen molar-refractivity contribution >= 4 is 10.9 Å². The molecule has 2 aromatic rings. The average Bonchev–Trinajstić information content (AvgIpc) is 2.83. The lowest BCUT2D eigenvalue weighted by molar-refractivity contribution is 0.199. The van der Waals surface area contributed by atoms with Crippen LogP contribution in [0.3, 0.4) is 0 Å². The van der Waals surface area contributed by atoms with Crippen LogP contribution < -0.4 is 5.32 Å². The van der Waals surface area contributed by atoms with Gasteiger partial charge in [-0.3, -0.25) is 4.98 Å². The summed E-state index contributed by atoms with van der Waals surface area (Å²) in [6.07, 6.45) is 5.90. The number of nitrogens with zero attached hydrogens (tertiary/aromatic N) is 1. The van der Waals surface area contributed by atoms with E-state index in [9.17, 15) is 0 Å². The van der Waals surface area contributed by atoms with E-state index in [0.29, 0.717) is 17.4 Å². The average molecular weight is 282 g/mol. The van der Waals surface area contributed by atoms with E-state index in [4.69, 9.17) is 0 Å². The molecule has 0 saturated heterocycles. The zero-order valence-corrected chi connectivity index (χ0v) is 13.4. The molecule has 0 radical (unpaired) electrons. The first-order valence-corrected chi connectivity index (χ1v) is 8.20. The minimum absolute atomic E-state index is 0.423. The summed E-state index contributed by atoms with van der Waals surface area (Å²) < 4.78 is 0. The van der Waals surface area contributed by atoms with E-state index in [-0.39, 0.29) is 0 Å². The third kappa shape index (κ3) is 2.82. The van der Waals surface area contributed by atoms with Crippen LogP contribution in [0.25, 0.3) is 10.9 Å². The van der Waals surface area contributed by atoms with Crippen LogP contribution in [0.4, 0.5) is 0 Å². The number of aromatic nitrogens is 1. The Balaban J connectivity index is 1.98. The Labute approximate surface area is 128 Å². The van der Waals surface area contributed by atoms with Crippen LogP contribution >= 0.6 is 0 Å². The largest absolute Gasteiger partial charge is 0.310 e. The topological polar surface area (TPSA) is 24.9 Å². The van der Waals surface area contributed by atoms with E-state index < -0.39 is 0 Å². The van der Waals surface area contributed by atoms with Gasteiger partial charge in [0, 0.05) is 17.6 Å². The van der Waals surface area contributed by atoms with Gasteiger partial charge in [-0.2, -0.15) is 0 Å². The molecule has 2 atom stereocenters. The van der Waals surface area contributed by atoms with Crippen LogP contribution in [-0.4, -0.2) is 11.5 Å². The molecule has 2 heteroatoms. The lowest BCUT2D eigenvalue weighted by Gasteiger charge is -2.35. The minimum atomic E-state index is 0.423. The summed E-state index contributed by atoms with van der Waals surface area (Å²) in [7, 11) is 0. The smallest absolute Gasteiger partial charge is 0.0705 e. The first-order valence-electron chi connectivity index (χ1n) is 8.20. The molecule has 1 aromatic carbocycles. The Morgan fingerprint density at radius 2 is 2.19 bits per heavy atom. The van der Waals surface area contributed by atoms with Gasteiger partial charge in [-0.25, -0.2) is 0 Å². The molecule has 1 N–H and O–H groups in total. The summed E-state index contributed by atoms with van der Waals surface area (Å²) in [5.74, 6) is 0.707. The van der Waals surface area contributed by atoms with Gasteiger partial charge in [-0.1, -0.05) is 45.4 Å². The van der Waals surface area contributed by atoms with E-state index in [1.807, 2.05) is 12.3 Å². The predicted octanol–water partition coefficient (Wildman–Crippen LogP) is 4.71. The third-order valence-electron chi connectivity index (χ3n) is 5.16. The lowest BCUT2D eigenvalue weighted by Crippen LogP contribution is -2.33. The fraction of sp³-hybridized carbons (Fsp3) is 0.526. The zero-order valence-electron chi connectivity index (χ0n) is 13.4. The Morgan fingerprint density at radius 1 is 1.33 bits per heavy atom. The SMILES string of the molecule is CCNC(c1ccc2cccnc2c1)C1CCCC1(C)C. The predicted molar refractivity (Wildman–Crippen MR) is 89.3 cm³/mol. The van der Waals surface area contributed by atoms with Crippen molar-refractivity contribution in [1.29, 1.82) is 0 Å². The summed E-state index contributed by atoms with van der Waals surface area (Å²) in [5.41, 5.74) is 2.92. The van der Waals surface area contributed by atoms with Crippen molar-refractivity contribution in [3.8, 4) is 0 Å². The lowest BCUT2D eigenvalue weighted by atomic mass is 9.75. The van der Waals surface area contributed by atoms with Crippen molar-refractivity contribution in [3.05, 3.63) is 42.1 Å². The van der Waals surface area contributed by atoms with Crippen molar-refractivity contribution in [2.24, 2.45) is 11.3 Å². The van der Waals surface area contributed by atoms with Crippen LogP contribution in [0.15, 0.2) is 36.5 Å². The molecule has 1 aliphatic rings. The van der Waals surface area contributed by atoms with Gasteiger partial charge in [0.25, 0.3) is 0 Å². The van der Waals surface area contributed by atoms with E-state index in [2.05, 4.69) is 55.3 Å². The highest BCUT2D eigenvalue weighted by molar-refractivity contribution is 5.79. The summed E-state index contributed by atoms with van der Waals surface area (Å²) in [6.45, 7) is 8.06. The first kappa shape index (κ1) is 14.5. The van der Waals surface area contributed by atoms with Crippen LogP contribution in [0.5, 0.6) is 0 Å². The monoisotopic (exact) mass is 282 g/mol. The number of hydrogen-bond donors (Lipinski definition) is 1. The van der Waals surface area contributed by atoms with Crippen molar-refractivity contribution in [2.75, 3.05) is 6.54 Å². The molecule has 0 bridgehead atoms. The maximum absolute atomic E-state index is 4.52. The Hall–Kier alpha value is -1.41. The van der Waals surface area contributed by atoms with Gasteiger partial charge in [-0.05, 0) is 48.4 Å². The summed E-state index contributed by atoms with van der Waals surface area (Å²) in [4.78, 5) is 4.52. The van der Waals surface area contributed by atoms with E-state index in [1.165, 1.54) is 30.2 Å². The molecule has 1 fully saturated rings. The number of rotatable bonds is 4. The van der Waals surface area contributed by atoms with Gasteiger partial charge >= 0.3 is 0 Å². The van der Waals surface area contributed by atoms with Crippen molar-refractivity contribution < 1.29 is 0 Å². The molecule has 2 nitrogen and oxygen atoms in total.